The lowest BCUT2D eigenvalue weighted by Gasteiger charge is -2.26. The number of nitrogens with zero attached hydrogens (tertiary/aromatic N) is 2. The fraction of sp³-hybridized carbons (Fsp3) is 0.391. The van der Waals surface area contributed by atoms with E-state index in [4.69, 9.17) is 10.5 Å². The minimum atomic E-state index is -0.703. The average Bonchev–Trinajstić information content (AvgIpc) is 3.46. The summed E-state index contributed by atoms with van der Waals surface area (Å²) in [5.74, 6) is -1.95. The Balaban J connectivity index is 1.29. The summed E-state index contributed by atoms with van der Waals surface area (Å²) in [5, 5.41) is 3.25. The lowest BCUT2D eigenvalue weighted by Crippen LogP contribution is -2.48. The standard InChI is InChI=1S/C23H24F2N4O3/c24-17-3-4-18(19(25)8-17)14-1-2-15-10-28(11-16(15)7-14)12-21(30)29-13-23(27-5-6-32-23)9-20(29)22(26)31/h1-4,7-8,20,27H,5-6,9-13H2,(H2,26,31). The second-order valence-electron chi connectivity index (χ2n) is 8.67. The van der Waals surface area contributed by atoms with Crippen LogP contribution in [-0.2, 0) is 27.4 Å². The first-order chi connectivity index (χ1) is 15.3. The monoisotopic (exact) mass is 442 g/mol. The highest BCUT2D eigenvalue weighted by Gasteiger charge is 2.50. The van der Waals surface area contributed by atoms with Crippen molar-refractivity contribution in [2.24, 2.45) is 5.73 Å². The molecule has 0 aliphatic carbocycles. The number of primary amides is 1. The molecule has 32 heavy (non-hydrogen) atoms. The number of ether oxygens (including phenoxy) is 1. The zero-order valence-electron chi connectivity index (χ0n) is 17.4. The Morgan fingerprint density at radius 1 is 1.16 bits per heavy atom. The van der Waals surface area contributed by atoms with Gasteiger partial charge in [-0.3, -0.25) is 19.8 Å². The van der Waals surface area contributed by atoms with Gasteiger partial charge in [0.05, 0.1) is 19.7 Å². The highest BCUT2D eigenvalue weighted by atomic mass is 19.1. The van der Waals surface area contributed by atoms with Gasteiger partial charge in [0.1, 0.15) is 23.4 Å². The SMILES string of the molecule is NC(=O)C1CC2(CN1C(=O)CN1Cc3ccc(-c4ccc(F)cc4F)cc3C1)NCCO2. The van der Waals surface area contributed by atoms with Crippen LogP contribution in [0.5, 0.6) is 0 Å². The van der Waals surface area contributed by atoms with E-state index in [1.807, 2.05) is 17.0 Å². The molecule has 2 unspecified atom stereocenters. The van der Waals surface area contributed by atoms with Crippen molar-refractivity contribution in [3.8, 4) is 11.1 Å². The van der Waals surface area contributed by atoms with Gasteiger partial charge in [0.2, 0.25) is 11.8 Å². The second-order valence-corrected chi connectivity index (χ2v) is 8.67. The molecule has 2 amide bonds. The fourth-order valence-electron chi connectivity index (χ4n) is 4.95. The third-order valence-electron chi connectivity index (χ3n) is 6.50. The Labute approximate surface area is 184 Å². The molecule has 3 heterocycles. The largest absolute Gasteiger partial charge is 0.368 e. The second kappa shape index (κ2) is 7.91. The van der Waals surface area contributed by atoms with Crippen molar-refractivity contribution in [1.82, 2.24) is 15.1 Å². The van der Waals surface area contributed by atoms with Crippen LogP contribution < -0.4 is 11.1 Å². The van der Waals surface area contributed by atoms with Gasteiger partial charge < -0.3 is 15.4 Å². The zero-order valence-corrected chi connectivity index (χ0v) is 17.4. The third kappa shape index (κ3) is 3.76. The first-order valence-corrected chi connectivity index (χ1v) is 10.6. The van der Waals surface area contributed by atoms with Crippen LogP contribution in [0.1, 0.15) is 17.5 Å². The van der Waals surface area contributed by atoms with Gasteiger partial charge >= 0.3 is 0 Å². The molecule has 2 aromatic rings. The van der Waals surface area contributed by atoms with Gasteiger partial charge in [0.25, 0.3) is 0 Å². The predicted octanol–water partition coefficient (Wildman–Crippen LogP) is 1.35. The Morgan fingerprint density at radius 3 is 2.69 bits per heavy atom. The van der Waals surface area contributed by atoms with E-state index in [0.29, 0.717) is 43.8 Å². The summed E-state index contributed by atoms with van der Waals surface area (Å²) in [6.07, 6.45) is 0.348. The van der Waals surface area contributed by atoms with Gasteiger partial charge in [-0.2, -0.15) is 0 Å². The number of carbonyl (C=O) groups is 2. The van der Waals surface area contributed by atoms with E-state index in [9.17, 15) is 18.4 Å². The normalized spacial score (nSPS) is 24.9. The maximum Gasteiger partial charge on any atom is 0.240 e. The molecule has 9 heteroatoms. The molecule has 0 bridgehead atoms. The molecular formula is C23H24F2N4O3. The number of carbonyl (C=O) groups excluding carboxylic acids is 2. The minimum absolute atomic E-state index is 0.134. The molecule has 2 fully saturated rings. The van der Waals surface area contributed by atoms with Crippen LogP contribution in [0.4, 0.5) is 8.78 Å². The summed E-state index contributed by atoms with van der Waals surface area (Å²) < 4.78 is 33.2. The molecule has 2 aromatic carbocycles. The van der Waals surface area contributed by atoms with Gasteiger partial charge in [-0.25, -0.2) is 8.78 Å². The van der Waals surface area contributed by atoms with E-state index >= 15 is 0 Å². The highest BCUT2D eigenvalue weighted by Crippen LogP contribution is 2.33. The molecule has 168 valence electrons. The molecule has 7 nitrogen and oxygen atoms in total. The molecule has 0 aromatic heterocycles. The first-order valence-electron chi connectivity index (χ1n) is 10.6. The lowest BCUT2D eigenvalue weighted by molar-refractivity contribution is -0.138. The Hall–Kier alpha value is -2.88. The van der Waals surface area contributed by atoms with Gasteiger partial charge in [-0.05, 0) is 34.9 Å². The fourth-order valence-corrected chi connectivity index (χ4v) is 4.95. The highest BCUT2D eigenvalue weighted by molar-refractivity contribution is 5.88. The summed E-state index contributed by atoms with van der Waals surface area (Å²) in [4.78, 5) is 28.5. The van der Waals surface area contributed by atoms with Crippen molar-refractivity contribution < 1.29 is 23.1 Å². The number of nitrogens with two attached hydrogens (primary N) is 1. The smallest absolute Gasteiger partial charge is 0.240 e. The van der Waals surface area contributed by atoms with Crippen LogP contribution in [0.25, 0.3) is 11.1 Å². The van der Waals surface area contributed by atoms with Crippen molar-refractivity contribution in [1.29, 1.82) is 0 Å². The van der Waals surface area contributed by atoms with Crippen LogP contribution in [0.3, 0.4) is 0 Å². The molecule has 2 atom stereocenters. The van der Waals surface area contributed by atoms with Gasteiger partial charge in [-0.15, -0.1) is 0 Å². The molecule has 0 radical (unpaired) electrons. The van der Waals surface area contributed by atoms with Crippen LogP contribution in [0.15, 0.2) is 36.4 Å². The first kappa shape index (κ1) is 21.0. The van der Waals surface area contributed by atoms with Crippen molar-refractivity contribution in [2.45, 2.75) is 31.3 Å². The van der Waals surface area contributed by atoms with Crippen molar-refractivity contribution in [3.05, 3.63) is 59.2 Å². The quantitative estimate of drug-likeness (QED) is 0.747. The van der Waals surface area contributed by atoms with Crippen LogP contribution in [0, 0.1) is 11.6 Å². The van der Waals surface area contributed by atoms with Crippen molar-refractivity contribution in [2.75, 3.05) is 26.2 Å². The summed E-state index contributed by atoms with van der Waals surface area (Å²) >= 11 is 0. The maximum absolute atomic E-state index is 14.2. The van der Waals surface area contributed by atoms with E-state index in [1.165, 1.54) is 17.0 Å². The number of benzene rings is 2. The van der Waals surface area contributed by atoms with Crippen molar-refractivity contribution in [3.63, 3.8) is 0 Å². The average molecular weight is 442 g/mol. The molecule has 0 saturated carbocycles. The van der Waals surface area contributed by atoms with E-state index < -0.39 is 29.3 Å². The van der Waals surface area contributed by atoms with Crippen LogP contribution in [0.2, 0.25) is 0 Å². The van der Waals surface area contributed by atoms with Gasteiger partial charge in [0, 0.05) is 37.7 Å². The minimum Gasteiger partial charge on any atom is -0.368 e. The van der Waals surface area contributed by atoms with Crippen molar-refractivity contribution >= 4 is 11.8 Å². The molecule has 1 spiro atoms. The molecular weight excluding hydrogens is 418 g/mol. The van der Waals surface area contributed by atoms with E-state index in [2.05, 4.69) is 5.32 Å². The summed E-state index contributed by atoms with van der Waals surface area (Å²) in [6.45, 7) is 2.72. The van der Waals surface area contributed by atoms with Crippen LogP contribution >= 0.6 is 0 Å². The topological polar surface area (TPSA) is 87.9 Å². The predicted molar refractivity (Wildman–Crippen MR) is 112 cm³/mol. The number of hydrogen-bond donors (Lipinski definition) is 2. The van der Waals surface area contributed by atoms with Gasteiger partial charge in [-0.1, -0.05) is 12.1 Å². The molecule has 3 aliphatic heterocycles. The van der Waals surface area contributed by atoms with E-state index in [-0.39, 0.29) is 19.0 Å². The summed E-state index contributed by atoms with van der Waals surface area (Å²) in [5.41, 5.74) is 7.90. The summed E-state index contributed by atoms with van der Waals surface area (Å²) in [7, 11) is 0. The van der Waals surface area contributed by atoms with Crippen LogP contribution in [-0.4, -0.2) is 59.6 Å². The number of fused-ring (bicyclic) bond motifs is 1. The molecule has 2 saturated heterocycles. The van der Waals surface area contributed by atoms with Gasteiger partial charge in [0.15, 0.2) is 0 Å². The number of halogens is 2. The molecule has 3 N–H and O–H groups in total. The Morgan fingerprint density at radius 2 is 1.97 bits per heavy atom. The molecule has 5 rings (SSSR count). The number of likely N-dealkylation sites (tertiary alicyclic amines) is 1. The number of amides is 2. The molecule has 3 aliphatic rings. The Bertz CT molecular complexity index is 1090. The number of hydrogen-bond acceptors (Lipinski definition) is 5. The van der Waals surface area contributed by atoms with E-state index in [0.717, 1.165) is 17.2 Å². The zero-order chi connectivity index (χ0) is 22.5. The summed E-state index contributed by atoms with van der Waals surface area (Å²) in [6, 6.07) is 8.41. The number of rotatable bonds is 4. The van der Waals surface area contributed by atoms with E-state index in [1.54, 1.807) is 6.07 Å². The third-order valence-corrected chi connectivity index (χ3v) is 6.50. The lowest BCUT2D eigenvalue weighted by atomic mass is 10.0. The maximum atomic E-state index is 14.2. The Kier molecular flexibility index (Phi) is 5.19. The number of nitrogens with one attached hydrogen (secondary N) is 1.